The van der Waals surface area contributed by atoms with Crippen LogP contribution >= 0.6 is 0 Å². The Hall–Kier alpha value is -2.69. The topological polar surface area (TPSA) is 98.0 Å². The van der Waals surface area contributed by atoms with Crippen LogP contribution in [0, 0.1) is 10.8 Å². The van der Waals surface area contributed by atoms with Crippen LogP contribution in [0.2, 0.25) is 0 Å². The van der Waals surface area contributed by atoms with Gasteiger partial charge in [0.25, 0.3) is 0 Å². The molecule has 0 fully saturated rings. The van der Waals surface area contributed by atoms with E-state index in [0.717, 1.165) is 0 Å². The van der Waals surface area contributed by atoms with Gasteiger partial charge in [-0.2, -0.15) is 0 Å². The minimum atomic E-state index is -0.734. The number of benzene rings is 2. The molecule has 2 rings (SSSR count). The van der Waals surface area contributed by atoms with Gasteiger partial charge in [0.15, 0.2) is 0 Å². The Labute approximate surface area is 153 Å². The number of ketones is 1. The zero-order chi connectivity index (χ0) is 19.7. The highest BCUT2D eigenvalue weighted by atomic mass is 16.3. The Morgan fingerprint density at radius 2 is 0.923 bits per heavy atom. The van der Waals surface area contributed by atoms with Crippen molar-refractivity contribution in [2.45, 2.75) is 40.5 Å². The fourth-order valence-electron chi connectivity index (χ4n) is 3.61. The summed E-state index contributed by atoms with van der Waals surface area (Å²) in [5.41, 5.74) is -0.121. The van der Waals surface area contributed by atoms with Crippen molar-refractivity contribution in [3.63, 3.8) is 0 Å². The third-order valence-corrected chi connectivity index (χ3v) is 4.45. The van der Waals surface area contributed by atoms with Crippen LogP contribution < -0.4 is 0 Å². The number of hydrogen-bond donors (Lipinski definition) is 4. The van der Waals surface area contributed by atoms with Crippen LogP contribution in [0.3, 0.4) is 0 Å². The average molecular weight is 358 g/mol. The van der Waals surface area contributed by atoms with Crippen molar-refractivity contribution in [1.82, 2.24) is 0 Å². The lowest BCUT2D eigenvalue weighted by atomic mass is 9.68. The van der Waals surface area contributed by atoms with Gasteiger partial charge < -0.3 is 20.4 Å². The van der Waals surface area contributed by atoms with E-state index in [2.05, 4.69) is 0 Å². The maximum atomic E-state index is 13.2. The Balaban J connectivity index is 2.22. The van der Waals surface area contributed by atoms with Crippen LogP contribution in [0.25, 0.3) is 0 Å². The first-order chi connectivity index (χ1) is 11.9. The van der Waals surface area contributed by atoms with Gasteiger partial charge in [0.2, 0.25) is 0 Å². The molecule has 0 aliphatic rings. The summed E-state index contributed by atoms with van der Waals surface area (Å²) in [6.45, 7) is 7.33. The van der Waals surface area contributed by atoms with Gasteiger partial charge in [0.1, 0.15) is 28.8 Å². The Morgan fingerprint density at radius 1 is 0.654 bits per heavy atom. The second-order valence-corrected chi connectivity index (χ2v) is 8.17. The zero-order valence-electron chi connectivity index (χ0n) is 15.6. The lowest BCUT2D eigenvalue weighted by Gasteiger charge is -2.33. The molecule has 0 aliphatic carbocycles. The van der Waals surface area contributed by atoms with E-state index in [4.69, 9.17) is 0 Å². The number of phenols is 4. The van der Waals surface area contributed by atoms with Gasteiger partial charge >= 0.3 is 0 Å². The summed E-state index contributed by atoms with van der Waals surface area (Å²) in [7, 11) is 0. The fourth-order valence-corrected chi connectivity index (χ4v) is 3.61. The van der Waals surface area contributed by atoms with Crippen molar-refractivity contribution in [3.05, 3.63) is 47.5 Å². The average Bonchev–Trinajstić information content (AvgIpc) is 2.42. The molecule has 0 unspecified atom stereocenters. The van der Waals surface area contributed by atoms with E-state index in [1.807, 2.05) is 27.7 Å². The highest BCUT2D eigenvalue weighted by molar-refractivity contribution is 5.89. The van der Waals surface area contributed by atoms with Crippen LogP contribution in [0.4, 0.5) is 0 Å². The van der Waals surface area contributed by atoms with Crippen LogP contribution in [0.1, 0.15) is 38.8 Å². The van der Waals surface area contributed by atoms with Gasteiger partial charge in [-0.15, -0.1) is 0 Å². The molecule has 0 radical (unpaired) electrons. The van der Waals surface area contributed by atoms with Crippen molar-refractivity contribution < 1.29 is 25.2 Å². The first kappa shape index (κ1) is 19.6. The van der Waals surface area contributed by atoms with E-state index in [0.29, 0.717) is 24.0 Å². The standard InChI is InChI=1S/C21H26O5/c1-20(2,11-13-5-15(22)9-16(23)6-13)19(26)21(3,4)12-14-7-17(24)10-18(25)8-14/h5-10,22-25H,11-12H2,1-4H3. The summed E-state index contributed by atoms with van der Waals surface area (Å²) in [4.78, 5) is 13.2. The van der Waals surface area contributed by atoms with Crippen molar-refractivity contribution in [3.8, 4) is 23.0 Å². The van der Waals surface area contributed by atoms with E-state index >= 15 is 0 Å². The van der Waals surface area contributed by atoms with Crippen molar-refractivity contribution in [1.29, 1.82) is 0 Å². The lowest BCUT2D eigenvalue weighted by Crippen LogP contribution is -2.39. The minimum Gasteiger partial charge on any atom is -0.508 e. The van der Waals surface area contributed by atoms with Crippen molar-refractivity contribution >= 4 is 5.78 Å². The van der Waals surface area contributed by atoms with Gasteiger partial charge in [-0.1, -0.05) is 27.7 Å². The number of carbonyl (C=O) groups excluding carboxylic acids is 1. The maximum Gasteiger partial charge on any atom is 0.144 e. The van der Waals surface area contributed by atoms with Gasteiger partial charge in [-0.25, -0.2) is 0 Å². The summed E-state index contributed by atoms with van der Waals surface area (Å²) in [6.07, 6.45) is 0.727. The summed E-state index contributed by atoms with van der Waals surface area (Å²) < 4.78 is 0. The quantitative estimate of drug-likeness (QED) is 0.627. The van der Waals surface area contributed by atoms with Crippen molar-refractivity contribution in [2.24, 2.45) is 10.8 Å². The summed E-state index contributed by atoms with van der Waals surface area (Å²) in [6, 6.07) is 8.64. The normalized spacial score (nSPS) is 12.2. The van der Waals surface area contributed by atoms with Crippen LogP contribution in [-0.2, 0) is 17.6 Å². The summed E-state index contributed by atoms with van der Waals surface area (Å²) >= 11 is 0. The predicted molar refractivity (Wildman–Crippen MR) is 99.5 cm³/mol. The molecule has 140 valence electrons. The molecule has 4 N–H and O–H groups in total. The molecular weight excluding hydrogens is 332 g/mol. The molecule has 0 amide bonds. The summed E-state index contributed by atoms with van der Waals surface area (Å²) in [5.74, 6) is -0.165. The van der Waals surface area contributed by atoms with E-state index in [1.165, 1.54) is 36.4 Å². The van der Waals surface area contributed by atoms with Crippen LogP contribution in [-0.4, -0.2) is 26.2 Å². The lowest BCUT2D eigenvalue weighted by molar-refractivity contribution is -0.135. The minimum absolute atomic E-state index is 0.00988. The molecule has 2 aromatic carbocycles. The Kier molecular flexibility index (Phi) is 5.21. The fraction of sp³-hybridized carbons (Fsp3) is 0.381. The Bertz CT molecular complexity index is 713. The molecule has 2 aromatic rings. The molecule has 0 atom stereocenters. The second kappa shape index (κ2) is 6.90. The Morgan fingerprint density at radius 3 is 1.19 bits per heavy atom. The molecular formula is C21H26O5. The molecule has 0 aromatic heterocycles. The highest BCUT2D eigenvalue weighted by Gasteiger charge is 2.39. The zero-order valence-corrected chi connectivity index (χ0v) is 15.6. The van der Waals surface area contributed by atoms with Crippen LogP contribution in [0.5, 0.6) is 23.0 Å². The third-order valence-electron chi connectivity index (χ3n) is 4.45. The number of rotatable bonds is 6. The van der Waals surface area contributed by atoms with E-state index < -0.39 is 10.8 Å². The molecule has 0 aliphatic heterocycles. The van der Waals surface area contributed by atoms with Gasteiger partial charge in [0, 0.05) is 23.0 Å². The first-order valence-corrected chi connectivity index (χ1v) is 8.48. The molecule has 26 heavy (non-hydrogen) atoms. The van der Waals surface area contributed by atoms with E-state index in [9.17, 15) is 25.2 Å². The van der Waals surface area contributed by atoms with Crippen molar-refractivity contribution in [2.75, 3.05) is 0 Å². The van der Waals surface area contributed by atoms with E-state index in [-0.39, 0.29) is 28.8 Å². The molecule has 0 heterocycles. The molecule has 0 bridgehead atoms. The molecule has 0 saturated heterocycles. The number of carbonyl (C=O) groups is 1. The summed E-state index contributed by atoms with van der Waals surface area (Å²) in [5, 5.41) is 38.6. The van der Waals surface area contributed by atoms with Gasteiger partial charge in [-0.05, 0) is 48.2 Å². The van der Waals surface area contributed by atoms with Crippen LogP contribution in [0.15, 0.2) is 36.4 Å². The molecule has 0 spiro atoms. The predicted octanol–water partition coefficient (Wildman–Crippen LogP) is 3.92. The highest BCUT2D eigenvalue weighted by Crippen LogP contribution is 2.37. The van der Waals surface area contributed by atoms with E-state index in [1.54, 1.807) is 0 Å². The number of phenolic OH excluding ortho intramolecular Hbond substituents is 4. The first-order valence-electron chi connectivity index (χ1n) is 8.48. The van der Waals surface area contributed by atoms with Gasteiger partial charge in [-0.3, -0.25) is 4.79 Å². The number of aromatic hydroxyl groups is 4. The maximum absolute atomic E-state index is 13.2. The molecule has 5 nitrogen and oxygen atoms in total. The second-order valence-electron chi connectivity index (χ2n) is 8.17. The molecule has 5 heteroatoms. The number of hydrogen-bond acceptors (Lipinski definition) is 5. The monoisotopic (exact) mass is 358 g/mol. The molecule has 0 saturated carbocycles. The number of Topliss-reactive ketones (excluding diaryl/α,β-unsaturated/α-hetero) is 1. The SMILES string of the molecule is CC(C)(Cc1cc(O)cc(O)c1)C(=O)C(C)(C)Cc1cc(O)cc(O)c1. The third kappa shape index (κ3) is 4.69. The smallest absolute Gasteiger partial charge is 0.144 e. The largest absolute Gasteiger partial charge is 0.508 e. The van der Waals surface area contributed by atoms with Gasteiger partial charge in [0.05, 0.1) is 0 Å².